The fraction of sp³-hybridized carbons (Fsp3) is 0.625. The van der Waals surface area contributed by atoms with E-state index in [0.717, 1.165) is 31.6 Å². The average molecular weight is 262 g/mol. The molecule has 2 nitrogen and oxygen atoms in total. The number of anilines is 1. The van der Waals surface area contributed by atoms with Gasteiger partial charge in [0.05, 0.1) is 0 Å². The van der Waals surface area contributed by atoms with Crippen LogP contribution in [0, 0.1) is 11.7 Å². The summed E-state index contributed by atoms with van der Waals surface area (Å²) in [5.41, 5.74) is 8.68. The molecule has 1 aliphatic heterocycles. The lowest BCUT2D eigenvalue weighted by Crippen LogP contribution is -2.38. The Morgan fingerprint density at radius 3 is 2.95 bits per heavy atom. The fourth-order valence-corrected chi connectivity index (χ4v) is 3.53. The number of rotatable bonds is 2. The molecule has 1 aromatic carbocycles. The largest absolute Gasteiger partial charge is 0.371 e. The van der Waals surface area contributed by atoms with E-state index in [9.17, 15) is 4.39 Å². The smallest absolute Gasteiger partial charge is 0.125 e. The molecule has 0 amide bonds. The van der Waals surface area contributed by atoms with Crippen molar-refractivity contribution in [3.63, 3.8) is 0 Å². The van der Waals surface area contributed by atoms with Gasteiger partial charge in [-0.25, -0.2) is 4.39 Å². The summed E-state index contributed by atoms with van der Waals surface area (Å²) in [5, 5.41) is 0. The molecule has 1 aromatic rings. The Bertz CT molecular complexity index is 446. The number of fused-ring (bicyclic) bond motifs is 1. The highest BCUT2D eigenvalue weighted by atomic mass is 19.1. The van der Waals surface area contributed by atoms with Gasteiger partial charge in [-0.05, 0) is 42.9 Å². The molecule has 104 valence electrons. The first-order valence-corrected chi connectivity index (χ1v) is 7.53. The van der Waals surface area contributed by atoms with Crippen LogP contribution in [0.15, 0.2) is 18.2 Å². The number of nitrogens with two attached hydrogens (primary N) is 1. The van der Waals surface area contributed by atoms with Gasteiger partial charge in [-0.2, -0.15) is 0 Å². The van der Waals surface area contributed by atoms with Gasteiger partial charge in [0.1, 0.15) is 5.82 Å². The van der Waals surface area contributed by atoms with Crippen molar-refractivity contribution >= 4 is 5.69 Å². The SMILES string of the molecule is NC1CCCCCC1CN1CCc2ccc(F)cc21. The number of halogens is 1. The van der Waals surface area contributed by atoms with Crippen molar-refractivity contribution in [3.05, 3.63) is 29.6 Å². The minimum absolute atomic E-state index is 0.129. The van der Waals surface area contributed by atoms with Crippen LogP contribution in [0.1, 0.15) is 37.7 Å². The van der Waals surface area contributed by atoms with Gasteiger partial charge >= 0.3 is 0 Å². The van der Waals surface area contributed by atoms with Crippen LogP contribution in [0.25, 0.3) is 0 Å². The lowest BCUT2D eigenvalue weighted by molar-refractivity contribution is 0.398. The summed E-state index contributed by atoms with van der Waals surface area (Å²) in [4.78, 5) is 2.34. The van der Waals surface area contributed by atoms with Crippen LogP contribution in [-0.2, 0) is 6.42 Å². The van der Waals surface area contributed by atoms with Crippen molar-refractivity contribution in [1.82, 2.24) is 0 Å². The molecule has 0 radical (unpaired) electrons. The number of hydrogen-bond donors (Lipinski definition) is 1. The summed E-state index contributed by atoms with van der Waals surface area (Å²) in [7, 11) is 0. The average Bonchev–Trinajstić information content (AvgIpc) is 2.67. The van der Waals surface area contributed by atoms with E-state index >= 15 is 0 Å². The molecule has 1 heterocycles. The highest BCUT2D eigenvalue weighted by Gasteiger charge is 2.26. The van der Waals surface area contributed by atoms with E-state index in [1.807, 2.05) is 6.07 Å². The van der Waals surface area contributed by atoms with E-state index in [1.165, 1.54) is 31.2 Å². The molecule has 0 spiro atoms. The Kier molecular flexibility index (Phi) is 3.74. The molecule has 0 aromatic heterocycles. The zero-order valence-corrected chi connectivity index (χ0v) is 11.4. The summed E-state index contributed by atoms with van der Waals surface area (Å²) in [6, 6.07) is 5.50. The summed E-state index contributed by atoms with van der Waals surface area (Å²) < 4.78 is 13.4. The van der Waals surface area contributed by atoms with Crippen LogP contribution in [-0.4, -0.2) is 19.1 Å². The van der Waals surface area contributed by atoms with Gasteiger partial charge in [0.15, 0.2) is 0 Å². The van der Waals surface area contributed by atoms with Gasteiger partial charge < -0.3 is 10.6 Å². The van der Waals surface area contributed by atoms with Gasteiger partial charge in [0.2, 0.25) is 0 Å². The third-order valence-corrected chi connectivity index (χ3v) is 4.71. The molecule has 19 heavy (non-hydrogen) atoms. The summed E-state index contributed by atoms with van der Waals surface area (Å²) in [6.07, 6.45) is 7.29. The van der Waals surface area contributed by atoms with Gasteiger partial charge in [-0.3, -0.25) is 0 Å². The molecule has 3 rings (SSSR count). The molecular formula is C16H23FN2. The maximum atomic E-state index is 13.4. The molecule has 2 N–H and O–H groups in total. The van der Waals surface area contributed by atoms with E-state index < -0.39 is 0 Å². The molecule has 3 heteroatoms. The highest BCUT2D eigenvalue weighted by Crippen LogP contribution is 2.31. The first-order valence-electron chi connectivity index (χ1n) is 7.53. The Morgan fingerprint density at radius 2 is 2.05 bits per heavy atom. The van der Waals surface area contributed by atoms with Crippen molar-refractivity contribution in [2.24, 2.45) is 11.7 Å². The van der Waals surface area contributed by atoms with Gasteiger partial charge in [-0.15, -0.1) is 0 Å². The van der Waals surface area contributed by atoms with Gasteiger partial charge in [-0.1, -0.05) is 25.3 Å². The second kappa shape index (κ2) is 5.49. The Morgan fingerprint density at radius 1 is 1.21 bits per heavy atom. The van der Waals surface area contributed by atoms with E-state index in [1.54, 1.807) is 12.1 Å². The quantitative estimate of drug-likeness (QED) is 0.830. The van der Waals surface area contributed by atoms with Crippen LogP contribution in [0.5, 0.6) is 0 Å². The molecule has 2 aliphatic rings. The summed E-state index contributed by atoms with van der Waals surface area (Å²) in [6.45, 7) is 2.01. The van der Waals surface area contributed by atoms with Crippen molar-refractivity contribution in [3.8, 4) is 0 Å². The van der Waals surface area contributed by atoms with Crippen molar-refractivity contribution in [2.45, 2.75) is 44.6 Å². The highest BCUT2D eigenvalue weighted by molar-refractivity contribution is 5.58. The summed E-state index contributed by atoms with van der Waals surface area (Å²) >= 11 is 0. The molecule has 0 saturated heterocycles. The predicted octanol–water partition coefficient (Wildman–Crippen LogP) is 3.10. The zero-order chi connectivity index (χ0) is 13.2. The Hall–Kier alpha value is -1.09. The predicted molar refractivity (Wildman–Crippen MR) is 76.9 cm³/mol. The maximum absolute atomic E-state index is 13.4. The van der Waals surface area contributed by atoms with E-state index in [-0.39, 0.29) is 5.82 Å². The number of hydrogen-bond acceptors (Lipinski definition) is 2. The summed E-state index contributed by atoms with van der Waals surface area (Å²) in [5.74, 6) is 0.438. The normalized spacial score (nSPS) is 27.2. The van der Waals surface area contributed by atoms with Crippen LogP contribution in [0.3, 0.4) is 0 Å². The van der Waals surface area contributed by atoms with Crippen LogP contribution in [0.4, 0.5) is 10.1 Å². The second-order valence-corrected chi connectivity index (χ2v) is 6.03. The van der Waals surface area contributed by atoms with E-state index in [4.69, 9.17) is 5.73 Å². The van der Waals surface area contributed by atoms with Crippen LogP contribution in [0.2, 0.25) is 0 Å². The third-order valence-electron chi connectivity index (χ3n) is 4.71. The monoisotopic (exact) mass is 262 g/mol. The van der Waals surface area contributed by atoms with E-state index in [0.29, 0.717) is 12.0 Å². The molecule has 0 bridgehead atoms. The zero-order valence-electron chi connectivity index (χ0n) is 11.4. The second-order valence-electron chi connectivity index (χ2n) is 6.03. The molecule has 2 atom stereocenters. The van der Waals surface area contributed by atoms with Gasteiger partial charge in [0.25, 0.3) is 0 Å². The number of benzene rings is 1. The molecule has 1 aliphatic carbocycles. The Balaban J connectivity index is 1.73. The third kappa shape index (κ3) is 2.76. The topological polar surface area (TPSA) is 29.3 Å². The fourth-order valence-electron chi connectivity index (χ4n) is 3.53. The number of nitrogens with zero attached hydrogens (tertiary/aromatic N) is 1. The minimum Gasteiger partial charge on any atom is -0.371 e. The molecule has 2 unspecified atom stereocenters. The van der Waals surface area contributed by atoms with Crippen molar-refractivity contribution in [2.75, 3.05) is 18.0 Å². The first-order chi connectivity index (χ1) is 9.24. The molecule has 1 fully saturated rings. The standard InChI is InChI=1S/C16H23FN2/c17-14-7-6-12-8-9-19(16(12)10-14)11-13-4-2-1-3-5-15(13)18/h6-7,10,13,15H,1-5,8-9,11,18H2. The Labute approximate surface area is 114 Å². The lowest BCUT2D eigenvalue weighted by atomic mass is 9.95. The first kappa shape index (κ1) is 12.9. The van der Waals surface area contributed by atoms with Gasteiger partial charge in [0, 0.05) is 24.8 Å². The van der Waals surface area contributed by atoms with Crippen molar-refractivity contribution in [1.29, 1.82) is 0 Å². The molecule has 1 saturated carbocycles. The van der Waals surface area contributed by atoms with Crippen LogP contribution < -0.4 is 10.6 Å². The van der Waals surface area contributed by atoms with Crippen LogP contribution >= 0.6 is 0 Å². The van der Waals surface area contributed by atoms with E-state index in [2.05, 4.69) is 4.90 Å². The van der Waals surface area contributed by atoms with Crippen molar-refractivity contribution < 1.29 is 4.39 Å². The lowest BCUT2D eigenvalue weighted by Gasteiger charge is -2.28. The molecular weight excluding hydrogens is 239 g/mol. The minimum atomic E-state index is -0.129. The maximum Gasteiger partial charge on any atom is 0.125 e.